The van der Waals surface area contributed by atoms with Gasteiger partial charge < -0.3 is 14.6 Å². The molecule has 214 valence electrons. The monoisotopic (exact) mass is 518 g/mol. The number of unbranched alkanes of at least 4 members (excludes halogenated alkanes) is 11. The molecule has 1 N–H and O–H groups in total. The first kappa shape index (κ1) is 35.4. The molecule has 0 aromatic heterocycles. The van der Waals surface area contributed by atoms with E-state index in [1.807, 2.05) is 0 Å². The molecule has 4 heteroatoms. The van der Waals surface area contributed by atoms with Crippen LogP contribution in [0.1, 0.15) is 129 Å². The van der Waals surface area contributed by atoms with E-state index < -0.39 is 6.10 Å². The van der Waals surface area contributed by atoms with Crippen molar-refractivity contribution in [1.82, 2.24) is 0 Å². The Labute approximate surface area is 229 Å². The van der Waals surface area contributed by atoms with Crippen molar-refractivity contribution in [1.29, 1.82) is 0 Å². The van der Waals surface area contributed by atoms with Crippen LogP contribution < -0.4 is 0 Å². The first-order chi connectivity index (χ1) is 18.2. The van der Waals surface area contributed by atoms with E-state index in [0.717, 1.165) is 51.4 Å². The van der Waals surface area contributed by atoms with Crippen molar-refractivity contribution < 1.29 is 19.4 Å². The largest absolute Gasteiger partial charge is 0.457 e. The molecule has 0 aromatic carbocycles. The molecule has 0 fully saturated rings. The molecule has 1 unspecified atom stereocenters. The van der Waals surface area contributed by atoms with Gasteiger partial charge in [-0.2, -0.15) is 0 Å². The van der Waals surface area contributed by atoms with Crippen LogP contribution in [-0.2, 0) is 14.3 Å². The Morgan fingerprint density at radius 3 is 1.78 bits per heavy atom. The third kappa shape index (κ3) is 28.8. The molecule has 0 aromatic rings. The van der Waals surface area contributed by atoms with E-state index in [1.54, 1.807) is 0 Å². The van der Waals surface area contributed by atoms with Gasteiger partial charge >= 0.3 is 5.97 Å². The van der Waals surface area contributed by atoms with Gasteiger partial charge in [0.1, 0.15) is 6.10 Å². The first-order valence-corrected chi connectivity index (χ1v) is 15.2. The quantitative estimate of drug-likeness (QED) is 0.0669. The average molecular weight is 519 g/mol. The van der Waals surface area contributed by atoms with Crippen molar-refractivity contribution in [3.8, 4) is 0 Å². The number of hydrogen-bond donors (Lipinski definition) is 1. The van der Waals surface area contributed by atoms with Crippen molar-refractivity contribution in [2.45, 2.75) is 136 Å². The molecule has 0 rings (SSSR count). The van der Waals surface area contributed by atoms with Crippen LogP contribution in [0.4, 0.5) is 0 Å². The number of hydrogen-bond acceptors (Lipinski definition) is 4. The van der Waals surface area contributed by atoms with Gasteiger partial charge in [-0.05, 0) is 51.4 Å². The van der Waals surface area contributed by atoms with Crippen LogP contribution in [-0.4, -0.2) is 37.0 Å². The molecule has 0 saturated heterocycles. The fraction of sp³-hybridized carbons (Fsp3) is 0.727. The number of esters is 1. The summed E-state index contributed by atoms with van der Waals surface area (Å²) in [7, 11) is 0. The Morgan fingerprint density at radius 2 is 1.22 bits per heavy atom. The van der Waals surface area contributed by atoms with Crippen LogP contribution in [0.5, 0.6) is 0 Å². The lowest BCUT2D eigenvalue weighted by Crippen LogP contribution is -2.27. The summed E-state index contributed by atoms with van der Waals surface area (Å²) < 4.78 is 11.0. The van der Waals surface area contributed by atoms with Crippen molar-refractivity contribution in [2.24, 2.45) is 0 Å². The fourth-order valence-corrected chi connectivity index (χ4v) is 3.90. The Kier molecular flexibility index (Phi) is 29.2. The molecule has 0 amide bonds. The third-order valence-corrected chi connectivity index (χ3v) is 6.17. The predicted molar refractivity (Wildman–Crippen MR) is 159 cm³/mol. The minimum atomic E-state index is -0.551. The van der Waals surface area contributed by atoms with Crippen molar-refractivity contribution in [3.05, 3.63) is 48.6 Å². The molecule has 0 bridgehead atoms. The highest BCUT2D eigenvalue weighted by atomic mass is 16.6. The van der Waals surface area contributed by atoms with E-state index in [1.165, 1.54) is 57.8 Å². The van der Waals surface area contributed by atoms with E-state index in [0.29, 0.717) is 13.0 Å². The SMILES string of the molecule is CC/C=C\C/C=C\C/C=C\C/C=C\CCCCC(=O)OC(CO)COCCCCCCCCCCCC. The molecule has 0 saturated carbocycles. The third-order valence-electron chi connectivity index (χ3n) is 6.17. The maximum Gasteiger partial charge on any atom is 0.306 e. The highest BCUT2D eigenvalue weighted by Crippen LogP contribution is 2.11. The molecule has 0 spiro atoms. The van der Waals surface area contributed by atoms with E-state index in [-0.39, 0.29) is 19.2 Å². The summed E-state index contributed by atoms with van der Waals surface area (Å²) in [5.74, 6) is -0.244. The lowest BCUT2D eigenvalue weighted by Gasteiger charge is -2.15. The maximum atomic E-state index is 12.0. The average Bonchev–Trinajstić information content (AvgIpc) is 2.90. The number of carbonyl (C=O) groups is 1. The summed E-state index contributed by atoms with van der Waals surface area (Å²) >= 11 is 0. The summed E-state index contributed by atoms with van der Waals surface area (Å²) in [5, 5.41) is 9.48. The molecule has 4 nitrogen and oxygen atoms in total. The van der Waals surface area contributed by atoms with E-state index in [4.69, 9.17) is 9.47 Å². The number of carbonyl (C=O) groups excluding carboxylic acids is 1. The minimum absolute atomic E-state index is 0.189. The molecule has 0 heterocycles. The van der Waals surface area contributed by atoms with E-state index in [2.05, 4.69) is 62.5 Å². The van der Waals surface area contributed by atoms with Gasteiger partial charge in [-0.1, -0.05) is 120 Å². The second kappa shape index (κ2) is 30.6. The van der Waals surface area contributed by atoms with Crippen LogP contribution >= 0.6 is 0 Å². The summed E-state index contributed by atoms with van der Waals surface area (Å²) in [4.78, 5) is 12.0. The van der Waals surface area contributed by atoms with Crippen molar-refractivity contribution >= 4 is 5.97 Å². The van der Waals surface area contributed by atoms with Gasteiger partial charge in [-0.3, -0.25) is 4.79 Å². The van der Waals surface area contributed by atoms with Gasteiger partial charge in [0, 0.05) is 13.0 Å². The number of aliphatic hydroxyl groups is 1. The normalized spacial score (nSPS) is 13.1. The molecule has 0 aliphatic rings. The van der Waals surface area contributed by atoms with Crippen LogP contribution in [0, 0.1) is 0 Å². The Balaban J connectivity index is 3.59. The minimum Gasteiger partial charge on any atom is -0.457 e. The van der Waals surface area contributed by atoms with Gasteiger partial charge in [0.25, 0.3) is 0 Å². The van der Waals surface area contributed by atoms with Crippen LogP contribution in [0.3, 0.4) is 0 Å². The lowest BCUT2D eigenvalue weighted by molar-refractivity contribution is -0.154. The molecule has 0 aliphatic carbocycles. The number of aliphatic hydroxyl groups excluding tert-OH is 1. The Bertz CT molecular complexity index is 591. The molecule has 0 radical (unpaired) electrons. The Hall–Kier alpha value is -1.65. The molecule has 1 atom stereocenters. The zero-order chi connectivity index (χ0) is 27.1. The second-order valence-electron chi connectivity index (χ2n) is 9.80. The summed E-state index contributed by atoms with van der Waals surface area (Å²) in [6.45, 7) is 5.16. The summed E-state index contributed by atoms with van der Waals surface area (Å²) in [6.07, 6.45) is 37.1. The van der Waals surface area contributed by atoms with E-state index in [9.17, 15) is 9.90 Å². The van der Waals surface area contributed by atoms with Crippen LogP contribution in [0.25, 0.3) is 0 Å². The lowest BCUT2D eigenvalue weighted by atomic mass is 10.1. The van der Waals surface area contributed by atoms with Gasteiger partial charge in [-0.15, -0.1) is 0 Å². The van der Waals surface area contributed by atoms with Gasteiger partial charge in [0.05, 0.1) is 13.2 Å². The predicted octanol–water partition coefficient (Wildman–Crippen LogP) is 9.19. The molecule has 37 heavy (non-hydrogen) atoms. The van der Waals surface area contributed by atoms with E-state index >= 15 is 0 Å². The summed E-state index contributed by atoms with van der Waals surface area (Å²) in [6, 6.07) is 0. The zero-order valence-electron chi connectivity index (χ0n) is 24.2. The topological polar surface area (TPSA) is 55.8 Å². The van der Waals surface area contributed by atoms with Gasteiger partial charge in [-0.25, -0.2) is 0 Å². The van der Waals surface area contributed by atoms with Gasteiger partial charge in [0.15, 0.2) is 0 Å². The highest BCUT2D eigenvalue weighted by molar-refractivity contribution is 5.69. The molecular weight excluding hydrogens is 460 g/mol. The van der Waals surface area contributed by atoms with Gasteiger partial charge in [0.2, 0.25) is 0 Å². The molecule has 0 aliphatic heterocycles. The highest BCUT2D eigenvalue weighted by Gasteiger charge is 2.13. The number of allylic oxidation sites excluding steroid dienone is 8. The van der Waals surface area contributed by atoms with Crippen molar-refractivity contribution in [2.75, 3.05) is 19.8 Å². The van der Waals surface area contributed by atoms with Crippen LogP contribution in [0.2, 0.25) is 0 Å². The zero-order valence-corrected chi connectivity index (χ0v) is 24.2. The molecular formula is C33H58O4. The summed E-state index contributed by atoms with van der Waals surface area (Å²) in [5.41, 5.74) is 0. The second-order valence-corrected chi connectivity index (χ2v) is 9.80. The Morgan fingerprint density at radius 1 is 0.676 bits per heavy atom. The fourth-order valence-electron chi connectivity index (χ4n) is 3.90. The van der Waals surface area contributed by atoms with Crippen LogP contribution in [0.15, 0.2) is 48.6 Å². The maximum absolute atomic E-state index is 12.0. The smallest absolute Gasteiger partial charge is 0.306 e. The number of ether oxygens (including phenoxy) is 2. The van der Waals surface area contributed by atoms with Crippen molar-refractivity contribution in [3.63, 3.8) is 0 Å². The standard InChI is InChI=1S/C33H58O4/c1-3-5-7-9-11-13-15-16-17-18-19-20-22-24-26-28-33(35)37-32(30-34)31-36-29-27-25-23-21-14-12-10-8-6-4-2/h5,7,11,13,16-17,19-20,32,34H,3-4,6,8-10,12,14-15,18,21-31H2,1-2H3/b7-5-,13-11-,17-16-,20-19-. The number of rotatable bonds is 27. The first-order valence-electron chi connectivity index (χ1n) is 15.2.